The number of imidazole rings is 1. The number of carboxylic acid groups (broad SMARTS) is 1. The molecule has 1 unspecified atom stereocenters. The van der Waals surface area contributed by atoms with Gasteiger partial charge in [0.15, 0.2) is 0 Å². The number of pyridine rings is 1. The number of rotatable bonds is 10. The Labute approximate surface area is 229 Å². The minimum absolute atomic E-state index is 0.402. The number of hydrogen-bond acceptors (Lipinski definition) is 6. The quantitative estimate of drug-likeness (QED) is 0.258. The third-order valence-corrected chi connectivity index (χ3v) is 7.53. The largest absolute Gasteiger partial charge is 0.480 e. The van der Waals surface area contributed by atoms with Crippen molar-refractivity contribution in [1.29, 1.82) is 0 Å². The van der Waals surface area contributed by atoms with Crippen LogP contribution in [0.1, 0.15) is 29.5 Å². The van der Waals surface area contributed by atoms with E-state index in [1.54, 1.807) is 12.5 Å². The molecule has 1 aliphatic heterocycles. The number of nitrogens with one attached hydrogen (secondary N) is 2. The Bertz CT molecular complexity index is 1340. The summed E-state index contributed by atoms with van der Waals surface area (Å²) in [6.45, 7) is 6.98. The number of nitrogens with zero attached hydrogens (tertiary/aromatic N) is 4. The van der Waals surface area contributed by atoms with Gasteiger partial charge in [-0.05, 0) is 85.7 Å². The Kier molecular flexibility index (Phi) is 8.10. The number of hydrogen-bond donors (Lipinski definition) is 3. The predicted octanol–water partition coefficient (Wildman–Crippen LogP) is 5.32. The molecule has 0 saturated carbocycles. The molecule has 0 amide bonds. The summed E-state index contributed by atoms with van der Waals surface area (Å²) in [5, 5.41) is 16.7. The molecule has 4 aromatic rings. The first-order chi connectivity index (χ1) is 19.0. The second-order valence-electron chi connectivity index (χ2n) is 10.4. The second-order valence-corrected chi connectivity index (χ2v) is 10.4. The van der Waals surface area contributed by atoms with Gasteiger partial charge in [-0.25, -0.2) is 14.8 Å². The van der Waals surface area contributed by atoms with Gasteiger partial charge in [0.05, 0.1) is 6.33 Å². The molecular formula is C31H36N6O2. The Hall–Kier alpha value is -4.33. The van der Waals surface area contributed by atoms with E-state index >= 15 is 0 Å². The van der Waals surface area contributed by atoms with Crippen molar-refractivity contribution in [3.63, 3.8) is 0 Å². The number of carbonyl (C=O) groups is 1. The highest BCUT2D eigenvalue weighted by atomic mass is 16.4. The van der Waals surface area contributed by atoms with E-state index in [0.29, 0.717) is 12.3 Å². The summed E-state index contributed by atoms with van der Waals surface area (Å²) < 4.78 is 1.95. The van der Waals surface area contributed by atoms with E-state index in [1.165, 1.54) is 5.69 Å². The number of aromatic nitrogens is 3. The van der Waals surface area contributed by atoms with Crippen LogP contribution in [0.3, 0.4) is 0 Å². The first-order valence-electron chi connectivity index (χ1n) is 13.5. The van der Waals surface area contributed by atoms with Crippen molar-refractivity contribution < 1.29 is 9.90 Å². The predicted molar refractivity (Wildman–Crippen MR) is 156 cm³/mol. The fourth-order valence-electron chi connectivity index (χ4n) is 5.29. The number of aryl methyl sites for hydroxylation is 2. The number of benzene rings is 2. The Morgan fingerprint density at radius 2 is 1.77 bits per heavy atom. The third-order valence-electron chi connectivity index (χ3n) is 7.53. The molecule has 3 N–H and O–H groups in total. The highest BCUT2D eigenvalue weighted by Crippen LogP contribution is 2.27. The van der Waals surface area contributed by atoms with Crippen molar-refractivity contribution in [2.45, 2.75) is 39.2 Å². The van der Waals surface area contributed by atoms with E-state index in [-0.39, 0.29) is 0 Å². The summed E-state index contributed by atoms with van der Waals surface area (Å²) in [6, 6.07) is 17.7. The SMILES string of the molecule is Cc1cc(-n2ccnc2)cc(C)c1NC(Cc1ccc(N2CCC(CNc3ccccn3)CC2)cc1)C(=O)O. The molecule has 8 nitrogen and oxygen atoms in total. The van der Waals surface area contributed by atoms with Crippen LogP contribution in [-0.4, -0.2) is 51.3 Å². The van der Waals surface area contributed by atoms with Crippen LogP contribution in [0.4, 0.5) is 17.2 Å². The topological polar surface area (TPSA) is 95.3 Å². The molecule has 2 aromatic heterocycles. The van der Waals surface area contributed by atoms with Crippen LogP contribution in [0.2, 0.25) is 0 Å². The van der Waals surface area contributed by atoms with Gasteiger partial charge in [0.25, 0.3) is 0 Å². The fourth-order valence-corrected chi connectivity index (χ4v) is 5.29. The lowest BCUT2D eigenvalue weighted by atomic mass is 9.96. The summed E-state index contributed by atoms with van der Waals surface area (Å²) in [6.07, 6.45) is 9.87. The normalized spacial score (nSPS) is 14.7. The van der Waals surface area contributed by atoms with Crippen molar-refractivity contribution in [3.05, 3.63) is 96.2 Å². The van der Waals surface area contributed by atoms with E-state index in [4.69, 9.17) is 0 Å². The summed E-state index contributed by atoms with van der Waals surface area (Å²) in [4.78, 5) is 23.1. The Balaban J connectivity index is 1.17. The maximum atomic E-state index is 12.2. The maximum absolute atomic E-state index is 12.2. The van der Waals surface area contributed by atoms with Crippen LogP contribution in [0.25, 0.3) is 5.69 Å². The first kappa shape index (κ1) is 26.3. The van der Waals surface area contributed by atoms with Crippen LogP contribution >= 0.6 is 0 Å². The molecule has 39 heavy (non-hydrogen) atoms. The Morgan fingerprint density at radius 1 is 1.03 bits per heavy atom. The highest BCUT2D eigenvalue weighted by molar-refractivity contribution is 5.79. The van der Waals surface area contributed by atoms with Crippen molar-refractivity contribution >= 4 is 23.2 Å². The van der Waals surface area contributed by atoms with Crippen LogP contribution in [0, 0.1) is 19.8 Å². The van der Waals surface area contributed by atoms with Gasteiger partial charge in [0, 0.05) is 61.7 Å². The van der Waals surface area contributed by atoms with Gasteiger partial charge in [0.1, 0.15) is 11.9 Å². The van der Waals surface area contributed by atoms with Crippen molar-refractivity contribution in [2.75, 3.05) is 35.2 Å². The lowest BCUT2D eigenvalue weighted by molar-refractivity contribution is -0.137. The zero-order valence-corrected chi connectivity index (χ0v) is 22.5. The summed E-state index contributed by atoms with van der Waals surface area (Å²) >= 11 is 0. The number of aliphatic carboxylic acids is 1. The molecule has 202 valence electrons. The van der Waals surface area contributed by atoms with E-state index in [0.717, 1.165) is 66.4 Å². The van der Waals surface area contributed by atoms with Crippen molar-refractivity contribution in [2.24, 2.45) is 5.92 Å². The van der Waals surface area contributed by atoms with Gasteiger partial charge >= 0.3 is 5.97 Å². The number of piperidine rings is 1. The molecular weight excluding hydrogens is 488 g/mol. The summed E-state index contributed by atoms with van der Waals surface area (Å²) in [7, 11) is 0. The number of anilines is 3. The summed E-state index contributed by atoms with van der Waals surface area (Å²) in [5.41, 5.74) is 6.06. The molecule has 1 saturated heterocycles. The summed E-state index contributed by atoms with van der Waals surface area (Å²) in [5.74, 6) is 0.699. The van der Waals surface area contributed by atoms with Crippen molar-refractivity contribution in [1.82, 2.24) is 14.5 Å². The lowest BCUT2D eigenvalue weighted by Gasteiger charge is -2.34. The maximum Gasteiger partial charge on any atom is 0.326 e. The zero-order chi connectivity index (χ0) is 27.2. The average Bonchev–Trinajstić information content (AvgIpc) is 3.50. The molecule has 2 aromatic carbocycles. The van der Waals surface area contributed by atoms with Crippen LogP contribution in [0.5, 0.6) is 0 Å². The molecule has 5 rings (SSSR count). The molecule has 0 spiro atoms. The zero-order valence-electron chi connectivity index (χ0n) is 22.5. The molecule has 1 fully saturated rings. The monoisotopic (exact) mass is 524 g/mol. The average molecular weight is 525 g/mol. The Morgan fingerprint density at radius 3 is 2.38 bits per heavy atom. The van der Waals surface area contributed by atoms with Gasteiger partial charge < -0.3 is 25.2 Å². The fraction of sp³-hybridized carbons (Fsp3) is 0.323. The molecule has 1 atom stereocenters. The lowest BCUT2D eigenvalue weighted by Crippen LogP contribution is -2.36. The molecule has 8 heteroatoms. The van der Waals surface area contributed by atoms with E-state index in [1.807, 2.05) is 61.1 Å². The minimum Gasteiger partial charge on any atom is -0.480 e. The molecule has 0 bridgehead atoms. The first-order valence-corrected chi connectivity index (χ1v) is 13.5. The highest BCUT2D eigenvalue weighted by Gasteiger charge is 2.22. The number of carboxylic acids is 1. The molecule has 3 heterocycles. The van der Waals surface area contributed by atoms with Crippen LogP contribution < -0.4 is 15.5 Å². The molecule has 0 radical (unpaired) electrons. The van der Waals surface area contributed by atoms with Crippen LogP contribution in [-0.2, 0) is 11.2 Å². The van der Waals surface area contributed by atoms with Gasteiger partial charge in [-0.3, -0.25) is 0 Å². The molecule has 0 aliphatic carbocycles. The smallest absolute Gasteiger partial charge is 0.326 e. The second kappa shape index (κ2) is 12.0. The van der Waals surface area contributed by atoms with E-state index in [2.05, 4.69) is 49.8 Å². The van der Waals surface area contributed by atoms with Gasteiger partial charge in [-0.15, -0.1) is 0 Å². The van der Waals surface area contributed by atoms with Gasteiger partial charge in [0.2, 0.25) is 0 Å². The van der Waals surface area contributed by atoms with Crippen LogP contribution in [0.15, 0.2) is 79.5 Å². The van der Waals surface area contributed by atoms with E-state index < -0.39 is 12.0 Å². The van der Waals surface area contributed by atoms with Gasteiger partial charge in [-0.2, -0.15) is 0 Å². The van der Waals surface area contributed by atoms with Gasteiger partial charge in [-0.1, -0.05) is 18.2 Å². The minimum atomic E-state index is -0.863. The molecule has 1 aliphatic rings. The standard InChI is InChI=1S/C31H36N6O2/c1-22-17-27(37-16-13-32-21-37)18-23(2)30(22)35-28(31(38)39)19-24-6-8-26(9-7-24)36-14-10-25(11-15-36)20-34-29-5-3-4-12-33-29/h3-9,12-13,16-18,21,25,28,35H,10-11,14-15,19-20H2,1-2H3,(H,33,34)(H,38,39). The van der Waals surface area contributed by atoms with E-state index in [9.17, 15) is 9.90 Å². The van der Waals surface area contributed by atoms with Crippen molar-refractivity contribution in [3.8, 4) is 5.69 Å². The third kappa shape index (κ3) is 6.57.